The molecule has 0 heterocycles. The van der Waals surface area contributed by atoms with Crippen LogP contribution in [0.25, 0.3) is 5.53 Å². The van der Waals surface area contributed by atoms with Gasteiger partial charge in [0.15, 0.2) is 0 Å². The van der Waals surface area contributed by atoms with Crippen LogP contribution in [0.5, 0.6) is 0 Å². The van der Waals surface area contributed by atoms with Gasteiger partial charge in [0.1, 0.15) is 0 Å². The number of hydrogen-bond donors (Lipinski definition) is 0. The highest BCUT2D eigenvalue weighted by Gasteiger charge is 2.22. The summed E-state index contributed by atoms with van der Waals surface area (Å²) in [6, 6.07) is 8.85. The number of carbonyl (C=O) groups excluding carboxylic acids is 1. The first-order chi connectivity index (χ1) is 7.15. The van der Waals surface area contributed by atoms with Crippen LogP contribution in [0.15, 0.2) is 30.3 Å². The third-order valence-electron chi connectivity index (χ3n) is 2.02. The predicted octanol–water partition coefficient (Wildman–Crippen LogP) is 2.59. The van der Waals surface area contributed by atoms with Gasteiger partial charge in [0, 0.05) is 5.56 Å². The summed E-state index contributed by atoms with van der Waals surface area (Å²) in [6.07, 6.45) is 0.490. The number of benzene rings is 1. The van der Waals surface area contributed by atoms with E-state index in [0.29, 0.717) is 17.9 Å². The number of nitrogens with zero attached hydrogens (tertiary/aromatic N) is 2. The van der Waals surface area contributed by atoms with Gasteiger partial charge in [-0.3, -0.25) is 4.79 Å². The molecule has 0 spiro atoms. The summed E-state index contributed by atoms with van der Waals surface area (Å²) in [4.78, 5) is 14.9. The average molecular weight is 202 g/mol. The van der Waals surface area contributed by atoms with E-state index in [1.807, 2.05) is 19.9 Å². The molecule has 0 aliphatic heterocycles. The Bertz CT molecular complexity index is 389. The monoisotopic (exact) mass is 202 g/mol. The molecule has 0 atom stereocenters. The summed E-state index contributed by atoms with van der Waals surface area (Å²) in [6.45, 7) is 3.95. The first-order valence-corrected chi connectivity index (χ1v) is 4.95. The van der Waals surface area contributed by atoms with Crippen molar-refractivity contribution in [3.8, 4) is 0 Å². The number of hydrogen-bond acceptors (Lipinski definition) is 1. The third-order valence-corrected chi connectivity index (χ3v) is 2.02. The molecule has 0 aromatic heterocycles. The molecule has 0 unspecified atom stereocenters. The number of rotatable bonds is 4. The maximum Gasteiger partial charge on any atom is 0.339 e. The van der Waals surface area contributed by atoms with Crippen molar-refractivity contribution in [1.29, 1.82) is 0 Å². The van der Waals surface area contributed by atoms with Crippen molar-refractivity contribution < 1.29 is 9.58 Å². The Kier molecular flexibility index (Phi) is 3.95. The van der Waals surface area contributed by atoms with Gasteiger partial charge in [0.25, 0.3) is 5.78 Å². The molecule has 3 heteroatoms. The summed E-state index contributed by atoms with van der Waals surface area (Å²) < 4.78 is 0. The van der Waals surface area contributed by atoms with Crippen molar-refractivity contribution >= 4 is 11.5 Å². The molecule has 1 aromatic carbocycles. The maximum atomic E-state index is 11.8. The summed E-state index contributed by atoms with van der Waals surface area (Å²) in [5, 5.41) is 0. The Balaban J connectivity index is 2.89. The fraction of sp³-hybridized carbons (Fsp3) is 0.333. The van der Waals surface area contributed by atoms with Crippen molar-refractivity contribution in [3.63, 3.8) is 0 Å². The van der Waals surface area contributed by atoms with Gasteiger partial charge in [0.05, 0.1) is 6.42 Å². The Hall–Kier alpha value is -1.73. The highest BCUT2D eigenvalue weighted by molar-refractivity contribution is 6.43. The molecule has 1 aromatic rings. The summed E-state index contributed by atoms with van der Waals surface area (Å²) in [5.41, 5.74) is 9.55. The quantitative estimate of drug-likeness (QED) is 0.320. The molecule has 15 heavy (non-hydrogen) atoms. The third kappa shape index (κ3) is 3.15. The van der Waals surface area contributed by atoms with Crippen LogP contribution >= 0.6 is 0 Å². The Morgan fingerprint density at radius 1 is 1.33 bits per heavy atom. The number of ketones is 1. The molecule has 0 aliphatic rings. The molecule has 0 bridgehead atoms. The van der Waals surface area contributed by atoms with Crippen LogP contribution in [-0.4, -0.2) is 16.3 Å². The van der Waals surface area contributed by atoms with E-state index in [1.54, 1.807) is 24.3 Å². The first-order valence-electron chi connectivity index (χ1n) is 4.95. The van der Waals surface area contributed by atoms with Crippen molar-refractivity contribution in [2.75, 3.05) is 0 Å². The second-order valence-electron chi connectivity index (χ2n) is 3.84. The van der Waals surface area contributed by atoms with Crippen LogP contribution in [0.2, 0.25) is 0 Å². The fourth-order valence-electron chi connectivity index (χ4n) is 1.32. The second-order valence-corrected chi connectivity index (χ2v) is 3.84. The minimum Gasteiger partial charge on any atom is -0.361 e. The molecule has 0 saturated carbocycles. The second kappa shape index (κ2) is 5.23. The lowest BCUT2D eigenvalue weighted by molar-refractivity contribution is -0.0100. The van der Waals surface area contributed by atoms with Crippen LogP contribution in [0.4, 0.5) is 0 Å². The fourth-order valence-corrected chi connectivity index (χ4v) is 1.32. The molecule has 3 nitrogen and oxygen atoms in total. The van der Waals surface area contributed by atoms with Gasteiger partial charge >= 0.3 is 5.71 Å². The molecule has 0 radical (unpaired) electrons. The topological polar surface area (TPSA) is 53.5 Å². The molecular weight excluding hydrogens is 188 g/mol. The van der Waals surface area contributed by atoms with Crippen molar-refractivity contribution in [1.82, 2.24) is 0 Å². The normalized spacial score (nSPS) is 9.80. The average Bonchev–Trinajstić information content (AvgIpc) is 2.26. The molecule has 78 valence electrons. The van der Waals surface area contributed by atoms with E-state index in [4.69, 9.17) is 5.53 Å². The summed E-state index contributed by atoms with van der Waals surface area (Å²) >= 11 is 0. The van der Waals surface area contributed by atoms with Crippen LogP contribution in [0.1, 0.15) is 30.6 Å². The molecule has 1 rings (SSSR count). The van der Waals surface area contributed by atoms with Gasteiger partial charge in [-0.25, -0.2) is 0 Å². The van der Waals surface area contributed by atoms with Crippen LogP contribution in [-0.2, 0) is 0 Å². The van der Waals surface area contributed by atoms with Gasteiger partial charge in [-0.1, -0.05) is 44.2 Å². The standard InChI is InChI=1S/C12H14N2O/c1-9(2)8-11(14-13)12(15)10-6-4-3-5-7-10/h3-7,9H,8H2,1-2H3. The van der Waals surface area contributed by atoms with E-state index in [-0.39, 0.29) is 11.5 Å². The molecule has 0 fully saturated rings. The van der Waals surface area contributed by atoms with Crippen molar-refractivity contribution in [2.24, 2.45) is 5.92 Å². The van der Waals surface area contributed by atoms with Gasteiger partial charge in [-0.2, -0.15) is 4.79 Å². The Morgan fingerprint density at radius 3 is 2.40 bits per heavy atom. The number of Topliss-reactive ketones (excluding diaryl/α,β-unsaturated/α-hetero) is 1. The lowest BCUT2D eigenvalue weighted by Gasteiger charge is -1.99. The van der Waals surface area contributed by atoms with Crippen molar-refractivity contribution in [3.05, 3.63) is 41.4 Å². The van der Waals surface area contributed by atoms with Gasteiger partial charge in [0.2, 0.25) is 0 Å². The Morgan fingerprint density at radius 2 is 1.93 bits per heavy atom. The molecule has 0 aliphatic carbocycles. The van der Waals surface area contributed by atoms with E-state index in [1.165, 1.54) is 0 Å². The molecule has 0 saturated heterocycles. The minimum atomic E-state index is -0.202. The lowest BCUT2D eigenvalue weighted by Crippen LogP contribution is -2.17. The van der Waals surface area contributed by atoms with Crippen LogP contribution in [0.3, 0.4) is 0 Å². The smallest absolute Gasteiger partial charge is 0.339 e. The summed E-state index contributed by atoms with van der Waals surface area (Å²) in [7, 11) is 0. The highest BCUT2D eigenvalue weighted by Crippen LogP contribution is 2.06. The minimum absolute atomic E-state index is 0.202. The van der Waals surface area contributed by atoms with Gasteiger partial charge in [-0.05, 0) is 5.92 Å². The molecular formula is C12H14N2O. The lowest BCUT2D eigenvalue weighted by atomic mass is 9.99. The van der Waals surface area contributed by atoms with Crippen molar-refractivity contribution in [2.45, 2.75) is 20.3 Å². The van der Waals surface area contributed by atoms with Crippen LogP contribution in [0, 0.1) is 5.92 Å². The van der Waals surface area contributed by atoms with Gasteiger partial charge in [-0.15, -0.1) is 0 Å². The van der Waals surface area contributed by atoms with E-state index in [9.17, 15) is 4.79 Å². The van der Waals surface area contributed by atoms with Crippen LogP contribution < -0.4 is 0 Å². The molecule has 0 N–H and O–H groups in total. The maximum absolute atomic E-state index is 11.8. The SMILES string of the molecule is CC(C)CC(=[N+]=[N-])C(=O)c1ccccc1. The Labute approximate surface area is 89.4 Å². The summed E-state index contributed by atoms with van der Waals surface area (Å²) in [5.74, 6) is 0.0929. The van der Waals surface area contributed by atoms with Gasteiger partial charge < -0.3 is 5.53 Å². The van der Waals surface area contributed by atoms with E-state index in [2.05, 4.69) is 4.79 Å². The highest BCUT2D eigenvalue weighted by atomic mass is 16.1. The molecule has 0 amide bonds. The zero-order valence-electron chi connectivity index (χ0n) is 8.97. The zero-order valence-corrected chi connectivity index (χ0v) is 8.97. The van der Waals surface area contributed by atoms with E-state index < -0.39 is 0 Å². The predicted molar refractivity (Wildman–Crippen MR) is 58.9 cm³/mol. The van der Waals surface area contributed by atoms with E-state index in [0.717, 1.165) is 0 Å². The largest absolute Gasteiger partial charge is 0.361 e. The number of carbonyl (C=O) groups is 1. The zero-order chi connectivity index (χ0) is 11.3. The first kappa shape index (κ1) is 11.3. The van der Waals surface area contributed by atoms with E-state index >= 15 is 0 Å².